The molecule has 0 spiro atoms. The SMILES string of the molecule is [B]CCCCC(N)(Cc1cnc[nH]1)C(=O)O. The van der Waals surface area contributed by atoms with Crippen molar-refractivity contribution in [2.75, 3.05) is 0 Å². The molecule has 1 rings (SSSR count). The van der Waals surface area contributed by atoms with E-state index in [4.69, 9.17) is 18.7 Å². The molecule has 2 radical (unpaired) electrons. The predicted octanol–water partition coefficient (Wildman–Crippen LogP) is 0.491. The molecule has 1 aromatic rings. The Bertz CT molecular complexity index is 329. The summed E-state index contributed by atoms with van der Waals surface area (Å²) in [5.41, 5.74) is 5.38. The molecular weight excluding hydrogens is 205 g/mol. The predicted molar refractivity (Wildman–Crippen MR) is 61.3 cm³/mol. The summed E-state index contributed by atoms with van der Waals surface area (Å²) in [6.07, 6.45) is 5.83. The molecule has 5 nitrogen and oxygen atoms in total. The number of aromatic nitrogens is 2. The second-order valence-electron chi connectivity index (χ2n) is 3.96. The molecule has 0 amide bonds. The number of aliphatic carboxylic acids is 1. The molecule has 0 bridgehead atoms. The molecule has 4 N–H and O–H groups in total. The van der Waals surface area contributed by atoms with Gasteiger partial charge in [-0.3, -0.25) is 4.79 Å². The number of unbranched alkanes of at least 4 members (excludes halogenated alkanes) is 1. The van der Waals surface area contributed by atoms with E-state index in [1.807, 2.05) is 0 Å². The van der Waals surface area contributed by atoms with Gasteiger partial charge >= 0.3 is 5.97 Å². The first-order chi connectivity index (χ1) is 7.58. The van der Waals surface area contributed by atoms with Crippen molar-refractivity contribution < 1.29 is 9.90 Å². The van der Waals surface area contributed by atoms with Crippen molar-refractivity contribution in [2.24, 2.45) is 5.73 Å². The summed E-state index contributed by atoms with van der Waals surface area (Å²) in [6.45, 7) is 0. The summed E-state index contributed by atoms with van der Waals surface area (Å²) in [4.78, 5) is 17.8. The van der Waals surface area contributed by atoms with Gasteiger partial charge in [-0.25, -0.2) is 4.98 Å². The first kappa shape index (κ1) is 12.8. The lowest BCUT2D eigenvalue weighted by Crippen LogP contribution is -2.50. The molecule has 0 aliphatic carbocycles. The Labute approximate surface area is 95.9 Å². The monoisotopic (exact) mass is 221 g/mol. The fourth-order valence-electron chi connectivity index (χ4n) is 1.58. The molecule has 1 unspecified atom stereocenters. The molecule has 86 valence electrons. The highest BCUT2D eigenvalue weighted by molar-refractivity contribution is 6.08. The molecule has 1 aromatic heterocycles. The summed E-state index contributed by atoms with van der Waals surface area (Å²) in [5.74, 6) is -0.987. The zero-order valence-corrected chi connectivity index (χ0v) is 9.15. The second-order valence-corrected chi connectivity index (χ2v) is 3.96. The summed E-state index contributed by atoms with van der Waals surface area (Å²) in [6, 6.07) is 0. The largest absolute Gasteiger partial charge is 0.480 e. The normalized spacial score (nSPS) is 14.6. The van der Waals surface area contributed by atoms with Gasteiger partial charge in [0.1, 0.15) is 5.54 Å². The number of hydrogen-bond acceptors (Lipinski definition) is 3. The van der Waals surface area contributed by atoms with Crippen LogP contribution in [0.4, 0.5) is 0 Å². The maximum Gasteiger partial charge on any atom is 0.324 e. The quantitative estimate of drug-likeness (QED) is 0.461. The average molecular weight is 221 g/mol. The first-order valence-corrected chi connectivity index (χ1v) is 5.28. The number of nitrogens with one attached hydrogen (secondary N) is 1. The van der Waals surface area contributed by atoms with Crippen molar-refractivity contribution >= 4 is 13.8 Å². The van der Waals surface area contributed by atoms with Gasteiger partial charge in [0, 0.05) is 18.3 Å². The third kappa shape index (κ3) is 3.38. The second kappa shape index (κ2) is 5.70. The lowest BCUT2D eigenvalue weighted by Gasteiger charge is -2.23. The van der Waals surface area contributed by atoms with E-state index in [1.54, 1.807) is 6.20 Å². The molecule has 16 heavy (non-hydrogen) atoms. The standard InChI is InChI=1S/C10H16BN3O2/c11-4-2-1-3-10(12,9(15)16)5-8-6-13-7-14-8/h6-7H,1-5,12H2,(H,13,14)(H,15,16). The number of imidazole rings is 1. The third-order valence-electron chi connectivity index (χ3n) is 2.56. The highest BCUT2D eigenvalue weighted by atomic mass is 16.4. The van der Waals surface area contributed by atoms with Gasteiger partial charge in [-0.1, -0.05) is 19.2 Å². The molecule has 0 aliphatic heterocycles. The Morgan fingerprint density at radius 1 is 1.62 bits per heavy atom. The Balaban J connectivity index is 2.61. The van der Waals surface area contributed by atoms with Crippen LogP contribution < -0.4 is 5.73 Å². The number of aromatic amines is 1. The number of nitrogens with two attached hydrogens (primary N) is 1. The third-order valence-corrected chi connectivity index (χ3v) is 2.56. The minimum absolute atomic E-state index is 0.257. The molecular formula is C10H16BN3O2. The van der Waals surface area contributed by atoms with E-state index in [2.05, 4.69) is 9.97 Å². The fourth-order valence-corrected chi connectivity index (χ4v) is 1.58. The molecule has 0 fully saturated rings. The summed E-state index contributed by atoms with van der Waals surface area (Å²) in [7, 11) is 5.37. The van der Waals surface area contributed by atoms with Crippen LogP contribution in [0.2, 0.25) is 6.32 Å². The van der Waals surface area contributed by atoms with Crippen LogP contribution in [0.3, 0.4) is 0 Å². The van der Waals surface area contributed by atoms with E-state index in [9.17, 15) is 4.79 Å². The number of hydrogen-bond donors (Lipinski definition) is 3. The van der Waals surface area contributed by atoms with E-state index in [0.717, 1.165) is 12.1 Å². The highest BCUT2D eigenvalue weighted by Gasteiger charge is 2.33. The molecule has 1 atom stereocenters. The zero-order chi connectivity index (χ0) is 12.0. The molecule has 6 heteroatoms. The number of H-pyrrole nitrogens is 1. The minimum atomic E-state index is -1.23. The van der Waals surface area contributed by atoms with Crippen LogP contribution in [0.15, 0.2) is 12.5 Å². The smallest absolute Gasteiger partial charge is 0.324 e. The van der Waals surface area contributed by atoms with Crippen molar-refractivity contribution in [2.45, 2.75) is 37.5 Å². The maximum atomic E-state index is 11.2. The van der Waals surface area contributed by atoms with Crippen LogP contribution >= 0.6 is 0 Å². The zero-order valence-electron chi connectivity index (χ0n) is 9.15. The lowest BCUT2D eigenvalue weighted by molar-refractivity contribution is -0.143. The number of carboxylic acid groups (broad SMARTS) is 1. The van der Waals surface area contributed by atoms with Crippen LogP contribution in [-0.4, -0.2) is 34.4 Å². The van der Waals surface area contributed by atoms with Gasteiger partial charge in [-0.2, -0.15) is 0 Å². The van der Waals surface area contributed by atoms with E-state index >= 15 is 0 Å². The van der Waals surface area contributed by atoms with Gasteiger partial charge in [0.15, 0.2) is 0 Å². The highest BCUT2D eigenvalue weighted by Crippen LogP contribution is 2.17. The van der Waals surface area contributed by atoms with Crippen LogP contribution in [0.1, 0.15) is 25.0 Å². The van der Waals surface area contributed by atoms with E-state index in [1.165, 1.54) is 6.33 Å². The number of carboxylic acids is 1. The first-order valence-electron chi connectivity index (χ1n) is 5.28. The van der Waals surface area contributed by atoms with E-state index in [-0.39, 0.29) is 6.42 Å². The summed E-state index contributed by atoms with van der Waals surface area (Å²) < 4.78 is 0. The molecule has 0 saturated carbocycles. The van der Waals surface area contributed by atoms with Crippen molar-refractivity contribution in [3.8, 4) is 0 Å². The topological polar surface area (TPSA) is 92.0 Å². The summed E-state index contributed by atoms with van der Waals surface area (Å²) >= 11 is 0. The summed E-state index contributed by atoms with van der Waals surface area (Å²) in [5, 5.41) is 9.14. The van der Waals surface area contributed by atoms with Gasteiger partial charge < -0.3 is 15.8 Å². The van der Waals surface area contributed by atoms with Gasteiger partial charge in [0.05, 0.1) is 14.2 Å². The number of carbonyl (C=O) groups is 1. The Morgan fingerprint density at radius 3 is 2.88 bits per heavy atom. The minimum Gasteiger partial charge on any atom is -0.480 e. The van der Waals surface area contributed by atoms with E-state index in [0.29, 0.717) is 19.2 Å². The average Bonchev–Trinajstić information content (AvgIpc) is 2.70. The Morgan fingerprint density at radius 2 is 2.38 bits per heavy atom. The van der Waals surface area contributed by atoms with Gasteiger partial charge in [0.25, 0.3) is 0 Å². The van der Waals surface area contributed by atoms with Gasteiger partial charge in [-0.15, -0.1) is 0 Å². The molecule has 0 aromatic carbocycles. The van der Waals surface area contributed by atoms with Crippen molar-refractivity contribution in [3.63, 3.8) is 0 Å². The maximum absolute atomic E-state index is 11.2. The van der Waals surface area contributed by atoms with Crippen molar-refractivity contribution in [3.05, 3.63) is 18.2 Å². The van der Waals surface area contributed by atoms with E-state index < -0.39 is 11.5 Å². The Kier molecular flexibility index (Phi) is 4.55. The number of nitrogens with zero attached hydrogens (tertiary/aromatic N) is 1. The van der Waals surface area contributed by atoms with Crippen LogP contribution in [0.25, 0.3) is 0 Å². The van der Waals surface area contributed by atoms with Crippen LogP contribution in [0, 0.1) is 0 Å². The molecule has 0 aliphatic rings. The fraction of sp³-hybridized carbons (Fsp3) is 0.600. The number of rotatable bonds is 7. The van der Waals surface area contributed by atoms with Crippen LogP contribution in [-0.2, 0) is 11.2 Å². The van der Waals surface area contributed by atoms with Gasteiger partial charge in [-0.05, 0) is 6.42 Å². The molecule has 0 saturated heterocycles. The Hall–Kier alpha value is -1.30. The van der Waals surface area contributed by atoms with Gasteiger partial charge in [0.2, 0.25) is 0 Å². The van der Waals surface area contributed by atoms with Crippen molar-refractivity contribution in [1.82, 2.24) is 9.97 Å². The lowest BCUT2D eigenvalue weighted by atomic mass is 9.87. The van der Waals surface area contributed by atoms with Crippen LogP contribution in [0.5, 0.6) is 0 Å². The van der Waals surface area contributed by atoms with Crippen molar-refractivity contribution in [1.29, 1.82) is 0 Å². The molecule has 1 heterocycles.